The fraction of sp³-hybridized carbons (Fsp3) is 0.0833. The Balaban J connectivity index is 2.11. The predicted octanol–water partition coefficient (Wildman–Crippen LogP) is 2.64. The molecular weight excluding hydrogens is 223 g/mol. The minimum absolute atomic E-state index is 0.371. The first-order chi connectivity index (χ1) is 8.24. The summed E-state index contributed by atoms with van der Waals surface area (Å²) in [5.41, 5.74) is 1.25. The van der Waals surface area contributed by atoms with Crippen molar-refractivity contribution < 1.29 is 13.6 Å². The van der Waals surface area contributed by atoms with Crippen LogP contribution in [0.2, 0.25) is 0 Å². The van der Waals surface area contributed by atoms with Crippen molar-refractivity contribution in [3.63, 3.8) is 0 Å². The summed E-state index contributed by atoms with van der Waals surface area (Å²) in [6.07, 6.45) is 1.53. The second-order valence-corrected chi connectivity index (χ2v) is 3.78. The fourth-order valence-corrected chi connectivity index (χ4v) is 1.94. The normalized spacial score (nSPS) is 18.2. The average molecular weight is 232 g/mol. The Kier molecular flexibility index (Phi) is 2.11. The highest BCUT2D eigenvalue weighted by atomic mass is 19.1. The number of hydrogen-bond donors (Lipinski definition) is 2. The largest absolute Gasteiger partial charge is 0.467 e. The van der Waals surface area contributed by atoms with Crippen molar-refractivity contribution in [1.82, 2.24) is 5.32 Å². The number of hydrogen-bond acceptors (Lipinski definition) is 2. The standard InChI is InChI=1S/C12H9FN2O2/c13-7-3-4-8-9(6-7)14-12(16)15-11(8)10-2-1-5-17-10/h1-6,11H,(H2,14,15,16). The molecule has 2 aromatic rings. The zero-order valence-electron chi connectivity index (χ0n) is 8.74. The van der Waals surface area contributed by atoms with Crippen LogP contribution in [0, 0.1) is 5.82 Å². The maximum atomic E-state index is 13.1. The summed E-state index contributed by atoms with van der Waals surface area (Å²) >= 11 is 0. The van der Waals surface area contributed by atoms with Crippen molar-refractivity contribution in [2.75, 3.05) is 5.32 Å². The molecule has 86 valence electrons. The van der Waals surface area contributed by atoms with Gasteiger partial charge in [-0.15, -0.1) is 0 Å². The lowest BCUT2D eigenvalue weighted by atomic mass is 10.0. The second kappa shape index (κ2) is 3.62. The molecule has 1 atom stereocenters. The minimum Gasteiger partial charge on any atom is -0.467 e. The molecule has 5 heteroatoms. The van der Waals surface area contributed by atoms with E-state index in [1.54, 1.807) is 18.2 Å². The maximum Gasteiger partial charge on any atom is 0.320 e. The van der Waals surface area contributed by atoms with Crippen molar-refractivity contribution in [1.29, 1.82) is 0 Å². The summed E-state index contributed by atoms with van der Waals surface area (Å²) in [7, 11) is 0. The van der Waals surface area contributed by atoms with Crippen LogP contribution < -0.4 is 10.6 Å². The van der Waals surface area contributed by atoms with Crippen LogP contribution in [0.15, 0.2) is 41.0 Å². The third-order valence-corrected chi connectivity index (χ3v) is 2.68. The Labute approximate surface area is 96.4 Å². The highest BCUT2D eigenvalue weighted by molar-refractivity contribution is 5.93. The quantitative estimate of drug-likeness (QED) is 0.794. The number of urea groups is 1. The van der Waals surface area contributed by atoms with E-state index >= 15 is 0 Å². The topological polar surface area (TPSA) is 54.3 Å². The van der Waals surface area contributed by atoms with E-state index in [9.17, 15) is 9.18 Å². The summed E-state index contributed by atoms with van der Waals surface area (Å²) < 4.78 is 18.4. The lowest BCUT2D eigenvalue weighted by Crippen LogP contribution is -2.38. The monoisotopic (exact) mass is 232 g/mol. The lowest BCUT2D eigenvalue weighted by molar-refractivity contribution is 0.247. The van der Waals surface area contributed by atoms with Gasteiger partial charge in [-0.25, -0.2) is 9.18 Å². The minimum atomic E-state index is -0.385. The molecule has 0 radical (unpaired) electrons. The number of benzene rings is 1. The highest BCUT2D eigenvalue weighted by Gasteiger charge is 2.27. The van der Waals surface area contributed by atoms with E-state index in [4.69, 9.17) is 4.42 Å². The molecule has 1 aromatic carbocycles. The van der Waals surface area contributed by atoms with Gasteiger partial charge in [-0.2, -0.15) is 0 Å². The van der Waals surface area contributed by atoms with Gasteiger partial charge >= 0.3 is 6.03 Å². The molecule has 0 fully saturated rings. The summed E-state index contributed by atoms with van der Waals surface area (Å²) in [5.74, 6) is 0.233. The van der Waals surface area contributed by atoms with Crippen molar-refractivity contribution in [2.24, 2.45) is 0 Å². The van der Waals surface area contributed by atoms with Gasteiger partial charge in [-0.3, -0.25) is 0 Å². The zero-order chi connectivity index (χ0) is 11.8. The summed E-state index contributed by atoms with van der Waals surface area (Å²) in [5, 5.41) is 5.29. The molecule has 1 aliphatic rings. The van der Waals surface area contributed by atoms with Gasteiger partial charge in [0.25, 0.3) is 0 Å². The number of halogens is 1. The number of carbonyl (C=O) groups excluding carboxylic acids is 1. The zero-order valence-corrected chi connectivity index (χ0v) is 8.74. The number of rotatable bonds is 1. The van der Waals surface area contributed by atoms with Gasteiger partial charge in [0.15, 0.2) is 0 Å². The van der Waals surface area contributed by atoms with Gasteiger partial charge in [0.2, 0.25) is 0 Å². The van der Waals surface area contributed by atoms with Gasteiger partial charge in [-0.1, -0.05) is 6.07 Å². The Morgan fingerprint density at radius 3 is 2.94 bits per heavy atom. The van der Waals surface area contributed by atoms with E-state index < -0.39 is 0 Å². The van der Waals surface area contributed by atoms with Crippen LogP contribution in [0.1, 0.15) is 17.4 Å². The van der Waals surface area contributed by atoms with E-state index in [1.807, 2.05) is 0 Å². The molecule has 1 aromatic heterocycles. The third kappa shape index (κ3) is 1.65. The number of nitrogens with one attached hydrogen (secondary N) is 2. The fourth-order valence-electron chi connectivity index (χ4n) is 1.94. The Hall–Kier alpha value is -2.30. The first-order valence-corrected chi connectivity index (χ1v) is 5.14. The molecule has 1 unspecified atom stereocenters. The molecule has 2 amide bonds. The molecule has 0 bridgehead atoms. The van der Waals surface area contributed by atoms with Crippen LogP contribution in [-0.2, 0) is 0 Å². The first-order valence-electron chi connectivity index (χ1n) is 5.14. The van der Waals surface area contributed by atoms with E-state index in [0.29, 0.717) is 11.4 Å². The van der Waals surface area contributed by atoms with Crippen molar-refractivity contribution in [3.05, 3.63) is 53.7 Å². The van der Waals surface area contributed by atoms with E-state index in [2.05, 4.69) is 10.6 Å². The second-order valence-electron chi connectivity index (χ2n) is 3.78. The van der Waals surface area contributed by atoms with Gasteiger partial charge in [0.1, 0.15) is 17.6 Å². The molecular formula is C12H9FN2O2. The van der Waals surface area contributed by atoms with Crippen LogP contribution in [-0.4, -0.2) is 6.03 Å². The molecule has 4 nitrogen and oxygen atoms in total. The van der Waals surface area contributed by atoms with Gasteiger partial charge in [-0.05, 0) is 24.3 Å². The Morgan fingerprint density at radius 1 is 1.29 bits per heavy atom. The van der Waals surface area contributed by atoms with E-state index in [-0.39, 0.29) is 17.9 Å². The van der Waals surface area contributed by atoms with E-state index in [0.717, 1.165) is 5.56 Å². The van der Waals surface area contributed by atoms with Crippen LogP contribution in [0.3, 0.4) is 0 Å². The average Bonchev–Trinajstić information content (AvgIpc) is 2.80. The number of fused-ring (bicyclic) bond motifs is 1. The predicted molar refractivity (Wildman–Crippen MR) is 59.1 cm³/mol. The van der Waals surface area contributed by atoms with Crippen LogP contribution in [0.25, 0.3) is 0 Å². The maximum absolute atomic E-state index is 13.1. The molecule has 0 aliphatic carbocycles. The number of carbonyl (C=O) groups is 1. The van der Waals surface area contributed by atoms with Gasteiger partial charge < -0.3 is 15.1 Å². The number of anilines is 1. The summed E-state index contributed by atoms with van der Waals surface area (Å²) in [6, 6.07) is 7.04. The van der Waals surface area contributed by atoms with Crippen molar-refractivity contribution in [3.8, 4) is 0 Å². The van der Waals surface area contributed by atoms with E-state index in [1.165, 1.54) is 18.4 Å². The number of furan rings is 1. The third-order valence-electron chi connectivity index (χ3n) is 2.68. The lowest BCUT2D eigenvalue weighted by Gasteiger charge is -2.25. The van der Waals surface area contributed by atoms with Crippen molar-refractivity contribution >= 4 is 11.7 Å². The molecule has 0 spiro atoms. The first kappa shape index (κ1) is 9.89. The SMILES string of the molecule is O=C1Nc2cc(F)ccc2C(c2ccco2)N1. The molecule has 2 N–H and O–H groups in total. The highest BCUT2D eigenvalue weighted by Crippen LogP contribution is 2.32. The molecule has 2 heterocycles. The van der Waals surface area contributed by atoms with Crippen LogP contribution in [0.4, 0.5) is 14.9 Å². The van der Waals surface area contributed by atoms with Crippen molar-refractivity contribution in [2.45, 2.75) is 6.04 Å². The number of amides is 2. The van der Waals surface area contributed by atoms with Gasteiger partial charge in [0, 0.05) is 5.56 Å². The molecule has 1 aliphatic heterocycles. The smallest absolute Gasteiger partial charge is 0.320 e. The molecule has 0 saturated heterocycles. The van der Waals surface area contributed by atoms with Crippen LogP contribution in [0.5, 0.6) is 0 Å². The Bertz CT molecular complexity index is 566. The Morgan fingerprint density at radius 2 is 2.18 bits per heavy atom. The molecule has 0 saturated carbocycles. The molecule has 17 heavy (non-hydrogen) atoms. The summed E-state index contributed by atoms with van der Waals surface area (Å²) in [4.78, 5) is 11.5. The summed E-state index contributed by atoms with van der Waals surface area (Å²) in [6.45, 7) is 0. The van der Waals surface area contributed by atoms with Gasteiger partial charge in [0.05, 0.1) is 12.0 Å². The molecule has 3 rings (SSSR count). The van der Waals surface area contributed by atoms with Crippen LogP contribution >= 0.6 is 0 Å².